The van der Waals surface area contributed by atoms with E-state index in [1.807, 2.05) is 13.8 Å². The number of H-pyrrole nitrogens is 1. The van der Waals surface area contributed by atoms with Gasteiger partial charge in [0.05, 0.1) is 22.1 Å². The number of nitrogens with two attached hydrogens (primary N) is 1. The quantitative estimate of drug-likeness (QED) is 0.808. The normalized spacial score (nSPS) is 10.8. The number of aromatic nitrogens is 2. The van der Waals surface area contributed by atoms with E-state index in [0.29, 0.717) is 21.4 Å². The number of halogens is 2. The molecule has 106 valence electrons. The number of carbonyl (C=O) groups is 1. The molecule has 0 aliphatic heterocycles. The lowest BCUT2D eigenvalue weighted by Crippen LogP contribution is -2.14. The predicted molar refractivity (Wildman–Crippen MR) is 81.5 cm³/mol. The Balaban J connectivity index is 2.24. The summed E-state index contributed by atoms with van der Waals surface area (Å²) in [6.45, 7) is 3.92. The zero-order valence-electron chi connectivity index (χ0n) is 11.0. The molecule has 0 unspecified atom stereocenters. The lowest BCUT2D eigenvalue weighted by Gasteiger charge is -2.07. The van der Waals surface area contributed by atoms with Crippen molar-refractivity contribution in [3.8, 4) is 0 Å². The highest BCUT2D eigenvalue weighted by atomic mass is 35.5. The topological polar surface area (TPSA) is 83.8 Å². The van der Waals surface area contributed by atoms with Crippen molar-refractivity contribution in [3.63, 3.8) is 0 Å². The first-order valence-electron chi connectivity index (χ1n) is 6.00. The Labute approximate surface area is 126 Å². The molecule has 0 aliphatic rings. The van der Waals surface area contributed by atoms with Gasteiger partial charge in [-0.15, -0.1) is 0 Å². The highest BCUT2D eigenvalue weighted by molar-refractivity contribution is 6.36. The number of carbonyl (C=O) groups excluding carboxylic acids is 1. The maximum absolute atomic E-state index is 12.1. The van der Waals surface area contributed by atoms with E-state index in [4.69, 9.17) is 28.9 Å². The summed E-state index contributed by atoms with van der Waals surface area (Å²) in [4.78, 5) is 12.1. The number of nitrogen functional groups attached to an aromatic ring is 1. The third-order valence-corrected chi connectivity index (χ3v) is 3.35. The van der Waals surface area contributed by atoms with Crippen molar-refractivity contribution in [2.75, 3.05) is 11.1 Å². The molecule has 0 saturated carbocycles. The highest BCUT2D eigenvalue weighted by Crippen LogP contribution is 2.27. The lowest BCUT2D eigenvalue weighted by molar-refractivity contribution is 0.102. The minimum atomic E-state index is -0.421. The SMILES string of the molecule is CC(C)c1[nH]nc(C(=O)Nc2ccc(Cl)cc2Cl)c1N. The van der Waals surface area contributed by atoms with Crippen molar-refractivity contribution < 1.29 is 4.79 Å². The van der Waals surface area contributed by atoms with Crippen LogP contribution in [0.1, 0.15) is 35.9 Å². The second-order valence-electron chi connectivity index (χ2n) is 4.63. The van der Waals surface area contributed by atoms with E-state index in [2.05, 4.69) is 15.5 Å². The first-order chi connectivity index (χ1) is 9.40. The van der Waals surface area contributed by atoms with Gasteiger partial charge in [-0.3, -0.25) is 9.89 Å². The number of hydrogen-bond donors (Lipinski definition) is 3. The molecule has 0 saturated heterocycles. The Morgan fingerprint density at radius 3 is 2.65 bits per heavy atom. The zero-order chi connectivity index (χ0) is 14.9. The molecular weight excluding hydrogens is 299 g/mol. The van der Waals surface area contributed by atoms with Gasteiger partial charge in [-0.2, -0.15) is 5.10 Å². The van der Waals surface area contributed by atoms with Gasteiger partial charge in [-0.25, -0.2) is 0 Å². The highest BCUT2D eigenvalue weighted by Gasteiger charge is 2.19. The number of aromatic amines is 1. The minimum absolute atomic E-state index is 0.153. The standard InChI is InChI=1S/C13H14Cl2N4O/c1-6(2)11-10(16)12(19-18-11)13(20)17-9-4-3-7(14)5-8(9)15/h3-6H,16H2,1-2H3,(H,17,20)(H,18,19). The largest absolute Gasteiger partial charge is 0.395 e. The number of hydrogen-bond acceptors (Lipinski definition) is 3. The maximum atomic E-state index is 12.1. The Bertz CT molecular complexity index is 652. The molecule has 4 N–H and O–H groups in total. The van der Waals surface area contributed by atoms with Gasteiger partial charge in [-0.05, 0) is 24.1 Å². The summed E-state index contributed by atoms with van der Waals surface area (Å²) in [6, 6.07) is 4.80. The van der Waals surface area contributed by atoms with E-state index in [1.54, 1.807) is 18.2 Å². The van der Waals surface area contributed by atoms with E-state index in [9.17, 15) is 4.79 Å². The average Bonchev–Trinajstić information content (AvgIpc) is 2.74. The summed E-state index contributed by atoms with van der Waals surface area (Å²) in [5.41, 5.74) is 7.60. The van der Waals surface area contributed by atoms with Crippen molar-refractivity contribution in [2.45, 2.75) is 19.8 Å². The molecule has 0 bridgehead atoms. The van der Waals surface area contributed by atoms with Gasteiger partial charge in [0.1, 0.15) is 0 Å². The Hall–Kier alpha value is -1.72. The lowest BCUT2D eigenvalue weighted by atomic mass is 10.1. The van der Waals surface area contributed by atoms with E-state index in [0.717, 1.165) is 5.69 Å². The average molecular weight is 313 g/mol. The zero-order valence-corrected chi connectivity index (χ0v) is 12.5. The van der Waals surface area contributed by atoms with Crippen LogP contribution in [0.3, 0.4) is 0 Å². The maximum Gasteiger partial charge on any atom is 0.278 e. The van der Waals surface area contributed by atoms with E-state index < -0.39 is 5.91 Å². The first-order valence-corrected chi connectivity index (χ1v) is 6.76. The van der Waals surface area contributed by atoms with Crippen LogP contribution in [0.4, 0.5) is 11.4 Å². The van der Waals surface area contributed by atoms with Gasteiger partial charge < -0.3 is 11.1 Å². The van der Waals surface area contributed by atoms with Gasteiger partial charge in [0.25, 0.3) is 5.91 Å². The smallest absolute Gasteiger partial charge is 0.278 e. The molecule has 1 amide bonds. The molecular formula is C13H14Cl2N4O. The summed E-state index contributed by atoms with van der Waals surface area (Å²) in [7, 11) is 0. The van der Waals surface area contributed by atoms with Gasteiger partial charge >= 0.3 is 0 Å². The molecule has 0 radical (unpaired) electrons. The van der Waals surface area contributed by atoms with Crippen LogP contribution in [0.15, 0.2) is 18.2 Å². The molecule has 0 aliphatic carbocycles. The molecule has 20 heavy (non-hydrogen) atoms. The Kier molecular flexibility index (Phi) is 4.20. The Morgan fingerprint density at radius 1 is 1.40 bits per heavy atom. The molecule has 1 heterocycles. The number of nitrogens with zero attached hydrogens (tertiary/aromatic N) is 1. The van der Waals surface area contributed by atoms with Gasteiger partial charge in [0.2, 0.25) is 0 Å². The fraction of sp³-hybridized carbons (Fsp3) is 0.231. The fourth-order valence-electron chi connectivity index (χ4n) is 1.75. The summed E-state index contributed by atoms with van der Waals surface area (Å²) in [5, 5.41) is 10.2. The molecule has 5 nitrogen and oxygen atoms in total. The third-order valence-electron chi connectivity index (χ3n) is 2.81. The summed E-state index contributed by atoms with van der Waals surface area (Å²) in [5.74, 6) is -0.266. The van der Waals surface area contributed by atoms with Gasteiger partial charge in [0, 0.05) is 5.02 Å². The molecule has 7 heteroatoms. The van der Waals surface area contributed by atoms with Gasteiger partial charge in [-0.1, -0.05) is 37.0 Å². The Morgan fingerprint density at radius 2 is 2.10 bits per heavy atom. The molecule has 1 aromatic heterocycles. The van der Waals surface area contributed by atoms with Crippen LogP contribution in [-0.2, 0) is 0 Å². The monoisotopic (exact) mass is 312 g/mol. The van der Waals surface area contributed by atoms with Gasteiger partial charge in [0.15, 0.2) is 5.69 Å². The van der Waals surface area contributed by atoms with Crippen LogP contribution in [0.5, 0.6) is 0 Å². The van der Waals surface area contributed by atoms with Crippen molar-refractivity contribution in [3.05, 3.63) is 39.6 Å². The molecule has 0 atom stereocenters. The number of benzene rings is 1. The summed E-state index contributed by atoms with van der Waals surface area (Å²) < 4.78 is 0. The minimum Gasteiger partial charge on any atom is -0.395 e. The molecule has 2 rings (SSSR count). The molecule has 1 aromatic carbocycles. The van der Waals surface area contributed by atoms with Crippen molar-refractivity contribution in [2.24, 2.45) is 0 Å². The summed E-state index contributed by atoms with van der Waals surface area (Å²) in [6.07, 6.45) is 0. The second-order valence-corrected chi connectivity index (χ2v) is 5.48. The van der Waals surface area contributed by atoms with Crippen LogP contribution in [0.2, 0.25) is 10.0 Å². The van der Waals surface area contributed by atoms with Crippen LogP contribution in [-0.4, -0.2) is 16.1 Å². The molecule has 0 fully saturated rings. The number of rotatable bonds is 3. The van der Waals surface area contributed by atoms with Crippen LogP contribution >= 0.6 is 23.2 Å². The van der Waals surface area contributed by atoms with Crippen LogP contribution < -0.4 is 11.1 Å². The molecule has 2 aromatic rings. The van der Waals surface area contributed by atoms with Crippen molar-refractivity contribution >= 4 is 40.5 Å². The fourth-order valence-corrected chi connectivity index (χ4v) is 2.21. The van der Waals surface area contributed by atoms with E-state index in [1.165, 1.54) is 0 Å². The number of nitrogens with one attached hydrogen (secondary N) is 2. The summed E-state index contributed by atoms with van der Waals surface area (Å²) >= 11 is 11.8. The van der Waals surface area contributed by atoms with Crippen LogP contribution in [0.25, 0.3) is 0 Å². The number of amides is 1. The first kappa shape index (κ1) is 14.7. The van der Waals surface area contributed by atoms with Crippen molar-refractivity contribution in [1.82, 2.24) is 10.2 Å². The van der Waals surface area contributed by atoms with Crippen molar-refractivity contribution in [1.29, 1.82) is 0 Å². The second kappa shape index (κ2) is 5.73. The molecule has 0 spiro atoms. The van der Waals surface area contributed by atoms with Crippen LogP contribution in [0, 0.1) is 0 Å². The van der Waals surface area contributed by atoms with E-state index >= 15 is 0 Å². The predicted octanol–water partition coefficient (Wildman–Crippen LogP) is 3.67. The number of anilines is 2. The van der Waals surface area contributed by atoms with E-state index in [-0.39, 0.29) is 11.6 Å². The third kappa shape index (κ3) is 2.89.